The molecule has 0 spiro atoms. The van der Waals surface area contributed by atoms with Gasteiger partial charge in [-0.1, -0.05) is 26.2 Å². The average Bonchev–Trinajstić information content (AvgIpc) is 2.62. The van der Waals surface area contributed by atoms with Crippen molar-refractivity contribution in [2.75, 3.05) is 6.54 Å². The van der Waals surface area contributed by atoms with Gasteiger partial charge in [0.25, 0.3) is 0 Å². The second-order valence-electron chi connectivity index (χ2n) is 5.03. The predicted octanol–water partition coefficient (Wildman–Crippen LogP) is 2.71. The maximum Gasteiger partial charge on any atom is 0.0524 e. The molecule has 2 N–H and O–H groups in total. The lowest BCUT2D eigenvalue weighted by Gasteiger charge is -2.21. The van der Waals surface area contributed by atoms with Crippen molar-refractivity contribution in [2.24, 2.45) is 5.92 Å². The Hall–Kier alpha value is -0.0800. The lowest BCUT2D eigenvalue weighted by Crippen LogP contribution is -2.34. The zero-order valence-electron chi connectivity index (χ0n) is 10.3. The van der Waals surface area contributed by atoms with Crippen LogP contribution in [0.5, 0.6) is 0 Å². The first-order valence-corrected chi connectivity index (χ1v) is 6.65. The van der Waals surface area contributed by atoms with E-state index in [4.69, 9.17) is 0 Å². The Kier molecular flexibility index (Phi) is 6.26. The maximum absolute atomic E-state index is 9.19. The molecule has 2 nitrogen and oxygen atoms in total. The molecule has 0 aliphatic heterocycles. The third-order valence-corrected chi connectivity index (χ3v) is 3.56. The van der Waals surface area contributed by atoms with E-state index in [-0.39, 0.29) is 6.10 Å². The van der Waals surface area contributed by atoms with Crippen LogP contribution in [0.2, 0.25) is 0 Å². The summed E-state index contributed by atoms with van der Waals surface area (Å²) in [4.78, 5) is 0. The third-order valence-electron chi connectivity index (χ3n) is 3.56. The summed E-state index contributed by atoms with van der Waals surface area (Å²) >= 11 is 0. The van der Waals surface area contributed by atoms with Crippen LogP contribution in [-0.2, 0) is 0 Å². The summed E-state index contributed by atoms with van der Waals surface area (Å²) in [6.45, 7) is 5.11. The largest absolute Gasteiger partial charge is 0.393 e. The van der Waals surface area contributed by atoms with Crippen LogP contribution in [0.25, 0.3) is 0 Å². The topological polar surface area (TPSA) is 32.3 Å². The summed E-state index contributed by atoms with van der Waals surface area (Å²) in [6, 6.07) is 0.732. The van der Waals surface area contributed by atoms with Gasteiger partial charge in [-0.3, -0.25) is 0 Å². The Morgan fingerprint density at radius 3 is 2.87 bits per heavy atom. The smallest absolute Gasteiger partial charge is 0.0524 e. The summed E-state index contributed by atoms with van der Waals surface area (Å²) in [6.07, 6.45) is 8.95. The van der Waals surface area contributed by atoms with Crippen LogP contribution in [0.15, 0.2) is 0 Å². The molecular formula is C13H27NO. The molecule has 1 rings (SSSR count). The van der Waals surface area contributed by atoms with Crippen LogP contribution < -0.4 is 5.32 Å². The lowest BCUT2D eigenvalue weighted by atomic mass is 9.97. The quantitative estimate of drug-likeness (QED) is 0.681. The highest BCUT2D eigenvalue weighted by Crippen LogP contribution is 2.29. The Morgan fingerprint density at radius 1 is 1.40 bits per heavy atom. The van der Waals surface area contributed by atoms with E-state index in [1.165, 1.54) is 38.5 Å². The van der Waals surface area contributed by atoms with E-state index in [1.807, 2.05) is 6.92 Å². The summed E-state index contributed by atoms with van der Waals surface area (Å²) in [5, 5.41) is 12.8. The number of aliphatic hydroxyl groups excluding tert-OH is 1. The van der Waals surface area contributed by atoms with E-state index in [0.717, 1.165) is 24.9 Å². The van der Waals surface area contributed by atoms with Gasteiger partial charge in [-0.05, 0) is 45.1 Å². The summed E-state index contributed by atoms with van der Waals surface area (Å²) in [5.41, 5.74) is 0. The predicted molar refractivity (Wildman–Crippen MR) is 65.0 cm³/mol. The molecule has 0 heterocycles. The van der Waals surface area contributed by atoms with E-state index in [2.05, 4.69) is 12.2 Å². The van der Waals surface area contributed by atoms with E-state index in [0.29, 0.717) is 0 Å². The first-order valence-electron chi connectivity index (χ1n) is 6.65. The van der Waals surface area contributed by atoms with Gasteiger partial charge >= 0.3 is 0 Å². The van der Waals surface area contributed by atoms with Crippen LogP contribution in [0, 0.1) is 5.92 Å². The van der Waals surface area contributed by atoms with Gasteiger partial charge in [-0.25, -0.2) is 0 Å². The molecule has 1 saturated carbocycles. The SMILES string of the molecule is CCCCC1CCCC1NCCC(C)O. The summed E-state index contributed by atoms with van der Waals surface area (Å²) in [7, 11) is 0. The standard InChI is InChI=1S/C13H27NO/c1-3-4-6-12-7-5-8-13(12)14-10-9-11(2)15/h11-15H,3-10H2,1-2H3. The highest BCUT2D eigenvalue weighted by atomic mass is 16.3. The lowest BCUT2D eigenvalue weighted by molar-refractivity contribution is 0.180. The molecule has 1 aliphatic carbocycles. The van der Waals surface area contributed by atoms with Crippen LogP contribution in [-0.4, -0.2) is 23.8 Å². The highest BCUT2D eigenvalue weighted by molar-refractivity contribution is 4.83. The Balaban J connectivity index is 2.15. The van der Waals surface area contributed by atoms with Crippen LogP contribution in [0.4, 0.5) is 0 Å². The van der Waals surface area contributed by atoms with Gasteiger partial charge in [0.05, 0.1) is 6.10 Å². The molecule has 3 unspecified atom stereocenters. The minimum Gasteiger partial charge on any atom is -0.393 e. The molecule has 0 aromatic heterocycles. The van der Waals surface area contributed by atoms with Crippen molar-refractivity contribution in [3.05, 3.63) is 0 Å². The van der Waals surface area contributed by atoms with Gasteiger partial charge in [0.2, 0.25) is 0 Å². The van der Waals surface area contributed by atoms with Crippen LogP contribution >= 0.6 is 0 Å². The van der Waals surface area contributed by atoms with Crippen molar-refractivity contribution in [3.8, 4) is 0 Å². The molecule has 15 heavy (non-hydrogen) atoms. The van der Waals surface area contributed by atoms with Gasteiger partial charge in [0.15, 0.2) is 0 Å². The highest BCUT2D eigenvalue weighted by Gasteiger charge is 2.25. The molecule has 0 bridgehead atoms. The van der Waals surface area contributed by atoms with Crippen molar-refractivity contribution in [3.63, 3.8) is 0 Å². The number of unbranched alkanes of at least 4 members (excludes halogenated alkanes) is 1. The molecule has 0 amide bonds. The third kappa shape index (κ3) is 4.98. The normalized spacial score (nSPS) is 28.2. The molecule has 1 aliphatic rings. The summed E-state index contributed by atoms with van der Waals surface area (Å²) in [5.74, 6) is 0.902. The molecule has 3 atom stereocenters. The number of aliphatic hydroxyl groups is 1. The maximum atomic E-state index is 9.19. The van der Waals surface area contributed by atoms with Gasteiger partial charge in [-0.2, -0.15) is 0 Å². The van der Waals surface area contributed by atoms with Crippen LogP contribution in [0.1, 0.15) is 58.8 Å². The monoisotopic (exact) mass is 213 g/mol. The average molecular weight is 213 g/mol. The van der Waals surface area contributed by atoms with Gasteiger partial charge in [0, 0.05) is 6.04 Å². The molecule has 0 saturated heterocycles. The van der Waals surface area contributed by atoms with Gasteiger partial charge in [-0.15, -0.1) is 0 Å². The second kappa shape index (κ2) is 7.24. The van der Waals surface area contributed by atoms with E-state index in [9.17, 15) is 5.11 Å². The zero-order chi connectivity index (χ0) is 11.1. The minimum absolute atomic E-state index is 0.159. The number of hydrogen-bond acceptors (Lipinski definition) is 2. The minimum atomic E-state index is -0.159. The van der Waals surface area contributed by atoms with Crippen LogP contribution in [0.3, 0.4) is 0 Å². The van der Waals surface area contributed by atoms with Crippen molar-refractivity contribution in [1.82, 2.24) is 5.32 Å². The fourth-order valence-corrected chi connectivity index (χ4v) is 2.60. The Morgan fingerprint density at radius 2 is 2.20 bits per heavy atom. The molecule has 1 fully saturated rings. The van der Waals surface area contributed by atoms with E-state index in [1.54, 1.807) is 0 Å². The molecule has 0 radical (unpaired) electrons. The Labute approximate surface area is 94.5 Å². The fraction of sp³-hybridized carbons (Fsp3) is 1.00. The van der Waals surface area contributed by atoms with Crippen molar-refractivity contribution < 1.29 is 5.11 Å². The first-order chi connectivity index (χ1) is 7.24. The van der Waals surface area contributed by atoms with Crippen molar-refractivity contribution in [2.45, 2.75) is 70.9 Å². The molecule has 90 valence electrons. The molecule has 2 heteroatoms. The fourth-order valence-electron chi connectivity index (χ4n) is 2.60. The zero-order valence-corrected chi connectivity index (χ0v) is 10.3. The Bertz CT molecular complexity index is 159. The van der Waals surface area contributed by atoms with Gasteiger partial charge < -0.3 is 10.4 Å². The van der Waals surface area contributed by atoms with Crippen molar-refractivity contribution >= 4 is 0 Å². The van der Waals surface area contributed by atoms with E-state index < -0.39 is 0 Å². The molecule has 0 aromatic carbocycles. The summed E-state index contributed by atoms with van der Waals surface area (Å²) < 4.78 is 0. The van der Waals surface area contributed by atoms with E-state index >= 15 is 0 Å². The number of hydrogen-bond donors (Lipinski definition) is 2. The van der Waals surface area contributed by atoms with Gasteiger partial charge in [0.1, 0.15) is 0 Å². The number of nitrogens with one attached hydrogen (secondary N) is 1. The first kappa shape index (κ1) is 13.0. The second-order valence-corrected chi connectivity index (χ2v) is 5.03. The molecular weight excluding hydrogens is 186 g/mol. The van der Waals surface area contributed by atoms with Crippen molar-refractivity contribution in [1.29, 1.82) is 0 Å². The molecule has 0 aromatic rings. The number of rotatable bonds is 7.